The maximum absolute atomic E-state index is 13.4. The van der Waals surface area contributed by atoms with Crippen LogP contribution in [0.15, 0.2) is 30.6 Å². The van der Waals surface area contributed by atoms with E-state index in [0.717, 1.165) is 5.56 Å². The number of benzene rings is 1. The zero-order valence-electron chi connectivity index (χ0n) is 10.7. The zero-order valence-corrected chi connectivity index (χ0v) is 10.7. The molecule has 0 atom stereocenters. The molecule has 0 aliphatic carbocycles. The van der Waals surface area contributed by atoms with Crippen molar-refractivity contribution in [2.24, 2.45) is 7.05 Å². The van der Waals surface area contributed by atoms with Gasteiger partial charge in [-0.2, -0.15) is 5.10 Å². The van der Waals surface area contributed by atoms with E-state index in [-0.39, 0.29) is 5.56 Å². The van der Waals surface area contributed by atoms with Crippen LogP contribution in [0.5, 0.6) is 0 Å². The van der Waals surface area contributed by atoms with Crippen molar-refractivity contribution in [1.29, 1.82) is 0 Å². The molecular formula is C13H14FN3O2. The van der Waals surface area contributed by atoms with Gasteiger partial charge in [-0.1, -0.05) is 0 Å². The summed E-state index contributed by atoms with van der Waals surface area (Å²) >= 11 is 0. The predicted molar refractivity (Wildman–Crippen MR) is 68.3 cm³/mol. The number of aryl methyl sites for hydroxylation is 1. The van der Waals surface area contributed by atoms with Crippen molar-refractivity contribution in [3.05, 3.63) is 47.5 Å². The lowest BCUT2D eigenvalue weighted by Gasteiger charge is -2.07. The van der Waals surface area contributed by atoms with Gasteiger partial charge in [-0.3, -0.25) is 4.68 Å². The Bertz CT molecular complexity index is 595. The van der Waals surface area contributed by atoms with Crippen LogP contribution < -0.4 is 5.32 Å². The number of carbonyl (C=O) groups is 1. The van der Waals surface area contributed by atoms with Crippen LogP contribution in [0.2, 0.25) is 0 Å². The van der Waals surface area contributed by atoms with Crippen molar-refractivity contribution < 1.29 is 13.9 Å². The Balaban J connectivity index is 2.10. The molecule has 1 heterocycles. The van der Waals surface area contributed by atoms with Crippen molar-refractivity contribution in [3.63, 3.8) is 0 Å². The second-order valence-corrected chi connectivity index (χ2v) is 4.06. The number of hydrogen-bond acceptors (Lipinski definition) is 4. The number of methoxy groups -OCH3 is 1. The molecule has 1 aromatic carbocycles. The summed E-state index contributed by atoms with van der Waals surface area (Å²) in [5, 5.41) is 7.14. The number of carbonyl (C=O) groups excluding carboxylic acids is 1. The van der Waals surface area contributed by atoms with Crippen LogP contribution >= 0.6 is 0 Å². The minimum atomic E-state index is -0.692. The van der Waals surface area contributed by atoms with E-state index in [0.29, 0.717) is 12.2 Å². The number of rotatable bonds is 4. The van der Waals surface area contributed by atoms with Gasteiger partial charge in [-0.05, 0) is 18.2 Å². The van der Waals surface area contributed by atoms with Gasteiger partial charge in [-0.25, -0.2) is 9.18 Å². The van der Waals surface area contributed by atoms with Crippen molar-refractivity contribution in [3.8, 4) is 0 Å². The van der Waals surface area contributed by atoms with Crippen LogP contribution in [0.4, 0.5) is 10.1 Å². The van der Waals surface area contributed by atoms with E-state index in [9.17, 15) is 9.18 Å². The fourth-order valence-corrected chi connectivity index (χ4v) is 1.67. The molecule has 100 valence electrons. The number of halogens is 1. The van der Waals surface area contributed by atoms with Crippen LogP contribution in [0.25, 0.3) is 0 Å². The normalized spacial score (nSPS) is 10.3. The molecule has 2 rings (SSSR count). The lowest BCUT2D eigenvalue weighted by molar-refractivity contribution is 0.0595. The summed E-state index contributed by atoms with van der Waals surface area (Å²) in [5.74, 6) is -1.29. The standard InChI is InChI=1S/C13H14FN3O2/c1-17-8-9(7-16-17)6-15-10-3-4-12(14)11(5-10)13(18)19-2/h3-5,7-8,15H,6H2,1-2H3. The first-order valence-corrected chi connectivity index (χ1v) is 5.69. The quantitative estimate of drug-likeness (QED) is 0.857. The molecule has 0 spiro atoms. The fraction of sp³-hybridized carbons (Fsp3) is 0.231. The summed E-state index contributed by atoms with van der Waals surface area (Å²) in [6, 6.07) is 4.23. The SMILES string of the molecule is COC(=O)c1cc(NCc2cnn(C)c2)ccc1F. The second kappa shape index (κ2) is 5.51. The Hall–Kier alpha value is -2.37. The predicted octanol–water partition coefficient (Wildman–Crippen LogP) is 1.96. The topological polar surface area (TPSA) is 56.1 Å². The van der Waals surface area contributed by atoms with Gasteiger partial charge in [0.25, 0.3) is 0 Å². The number of anilines is 1. The van der Waals surface area contributed by atoms with Gasteiger partial charge >= 0.3 is 5.97 Å². The van der Waals surface area contributed by atoms with Crippen LogP contribution in [-0.2, 0) is 18.3 Å². The number of hydrogen-bond donors (Lipinski definition) is 1. The number of ether oxygens (including phenoxy) is 1. The third-order valence-electron chi connectivity index (χ3n) is 2.63. The van der Waals surface area contributed by atoms with Crippen LogP contribution in [0, 0.1) is 5.82 Å². The minimum absolute atomic E-state index is 0.0845. The first-order valence-electron chi connectivity index (χ1n) is 5.69. The monoisotopic (exact) mass is 263 g/mol. The summed E-state index contributed by atoms with van der Waals surface area (Å²) in [7, 11) is 3.05. The molecule has 2 aromatic rings. The maximum atomic E-state index is 13.4. The molecule has 5 nitrogen and oxygen atoms in total. The second-order valence-electron chi connectivity index (χ2n) is 4.06. The largest absolute Gasteiger partial charge is 0.465 e. The molecule has 1 N–H and O–H groups in total. The summed E-state index contributed by atoms with van der Waals surface area (Å²) in [5.41, 5.74) is 1.55. The molecule has 0 unspecified atom stereocenters. The van der Waals surface area contributed by atoms with Gasteiger partial charge in [0.05, 0.1) is 18.9 Å². The maximum Gasteiger partial charge on any atom is 0.340 e. The van der Waals surface area contributed by atoms with E-state index >= 15 is 0 Å². The van der Waals surface area contributed by atoms with E-state index in [1.165, 1.54) is 19.2 Å². The van der Waals surface area contributed by atoms with E-state index in [1.54, 1.807) is 16.9 Å². The molecule has 0 radical (unpaired) electrons. The van der Waals surface area contributed by atoms with Crippen molar-refractivity contribution in [2.75, 3.05) is 12.4 Å². The van der Waals surface area contributed by atoms with Gasteiger partial charge in [0, 0.05) is 31.0 Å². The van der Waals surface area contributed by atoms with Crippen LogP contribution in [-0.4, -0.2) is 22.9 Å². The number of nitrogens with zero attached hydrogens (tertiary/aromatic N) is 2. The van der Waals surface area contributed by atoms with Gasteiger partial charge in [-0.15, -0.1) is 0 Å². The van der Waals surface area contributed by atoms with E-state index < -0.39 is 11.8 Å². The highest BCUT2D eigenvalue weighted by atomic mass is 19.1. The summed E-state index contributed by atoms with van der Waals surface area (Å²) in [4.78, 5) is 11.4. The summed E-state index contributed by atoms with van der Waals surface area (Å²) < 4.78 is 19.6. The Morgan fingerprint density at radius 2 is 2.32 bits per heavy atom. The molecule has 0 bridgehead atoms. The van der Waals surface area contributed by atoms with E-state index in [1.807, 2.05) is 13.2 Å². The molecule has 0 amide bonds. The summed E-state index contributed by atoms with van der Waals surface area (Å²) in [6.07, 6.45) is 3.61. The Morgan fingerprint density at radius 3 is 2.95 bits per heavy atom. The first-order chi connectivity index (χ1) is 9.10. The molecule has 0 aliphatic rings. The lowest BCUT2D eigenvalue weighted by Crippen LogP contribution is -2.06. The molecule has 6 heteroatoms. The van der Waals surface area contributed by atoms with Crippen molar-refractivity contribution in [1.82, 2.24) is 9.78 Å². The third-order valence-corrected chi connectivity index (χ3v) is 2.63. The van der Waals surface area contributed by atoms with Gasteiger partial charge in [0.15, 0.2) is 0 Å². The average Bonchev–Trinajstić information content (AvgIpc) is 2.83. The molecule has 1 aromatic heterocycles. The van der Waals surface area contributed by atoms with Gasteiger partial charge in [0.2, 0.25) is 0 Å². The molecular weight excluding hydrogens is 249 g/mol. The first kappa shape index (κ1) is 13.1. The van der Waals surface area contributed by atoms with Crippen molar-refractivity contribution >= 4 is 11.7 Å². The van der Waals surface area contributed by atoms with E-state index in [4.69, 9.17) is 0 Å². The Morgan fingerprint density at radius 1 is 1.53 bits per heavy atom. The van der Waals surface area contributed by atoms with Crippen LogP contribution in [0.3, 0.4) is 0 Å². The van der Waals surface area contributed by atoms with Gasteiger partial charge < -0.3 is 10.1 Å². The average molecular weight is 263 g/mol. The number of esters is 1. The van der Waals surface area contributed by atoms with Crippen molar-refractivity contribution in [2.45, 2.75) is 6.54 Å². The molecule has 0 aliphatic heterocycles. The Labute approximate surface area is 110 Å². The lowest BCUT2D eigenvalue weighted by atomic mass is 10.2. The molecule has 0 fully saturated rings. The fourth-order valence-electron chi connectivity index (χ4n) is 1.67. The highest BCUT2D eigenvalue weighted by molar-refractivity contribution is 5.90. The third kappa shape index (κ3) is 3.09. The highest BCUT2D eigenvalue weighted by Gasteiger charge is 2.12. The van der Waals surface area contributed by atoms with Gasteiger partial charge in [0.1, 0.15) is 5.82 Å². The zero-order chi connectivity index (χ0) is 13.8. The molecule has 0 saturated heterocycles. The molecule has 0 saturated carbocycles. The smallest absolute Gasteiger partial charge is 0.340 e. The number of aromatic nitrogens is 2. The van der Waals surface area contributed by atoms with E-state index in [2.05, 4.69) is 15.2 Å². The Kier molecular flexibility index (Phi) is 3.79. The number of nitrogens with one attached hydrogen (secondary N) is 1. The molecule has 19 heavy (non-hydrogen) atoms. The minimum Gasteiger partial charge on any atom is -0.465 e. The van der Waals surface area contributed by atoms with Crippen LogP contribution in [0.1, 0.15) is 15.9 Å². The summed E-state index contributed by atoms with van der Waals surface area (Å²) in [6.45, 7) is 0.542. The highest BCUT2D eigenvalue weighted by Crippen LogP contribution is 2.16.